The highest BCUT2D eigenvalue weighted by Crippen LogP contribution is 2.29. The lowest BCUT2D eigenvalue weighted by atomic mass is 9.95. The summed E-state index contributed by atoms with van der Waals surface area (Å²) in [6.45, 7) is 8.55. The molecule has 3 rings (SSSR count). The number of carbonyl (C=O) groups is 1. The monoisotopic (exact) mass is 348 g/mol. The Bertz CT molecular complexity index is 908. The summed E-state index contributed by atoms with van der Waals surface area (Å²) in [6.07, 6.45) is 1.99. The summed E-state index contributed by atoms with van der Waals surface area (Å²) in [5.74, 6) is 0.0829. The molecule has 1 aromatic heterocycles. The number of ether oxygens (including phenoxy) is 1. The van der Waals surface area contributed by atoms with Crippen LogP contribution in [0.2, 0.25) is 0 Å². The predicted molar refractivity (Wildman–Crippen MR) is 104 cm³/mol. The van der Waals surface area contributed by atoms with E-state index < -0.39 is 0 Å². The van der Waals surface area contributed by atoms with E-state index in [4.69, 9.17) is 4.74 Å². The third kappa shape index (κ3) is 3.69. The maximum Gasteiger partial charge on any atom is 0.338 e. The second-order valence-corrected chi connectivity index (χ2v) is 6.63. The molecule has 0 unspecified atom stereocenters. The van der Waals surface area contributed by atoms with Gasteiger partial charge in [-0.25, -0.2) is 9.48 Å². The van der Waals surface area contributed by atoms with E-state index in [1.165, 1.54) is 5.56 Å². The lowest BCUT2D eigenvalue weighted by Crippen LogP contribution is -2.04. The molecule has 0 bridgehead atoms. The third-order valence-electron chi connectivity index (χ3n) is 4.35. The average Bonchev–Trinajstić information content (AvgIpc) is 3.08. The van der Waals surface area contributed by atoms with Crippen molar-refractivity contribution in [3.05, 3.63) is 71.5 Å². The second kappa shape index (κ2) is 7.56. The van der Waals surface area contributed by atoms with E-state index in [2.05, 4.69) is 37.1 Å². The molecule has 0 aliphatic heterocycles. The molecule has 2 aromatic carbocycles. The summed E-state index contributed by atoms with van der Waals surface area (Å²) >= 11 is 0. The zero-order chi connectivity index (χ0) is 18.7. The molecule has 4 heteroatoms. The molecule has 0 N–H and O–H groups in total. The first-order chi connectivity index (χ1) is 12.5. The SMILES string of the molecule is CCOC(=O)c1ccc(-c2ccc(-n3ccc(C)n3)c(C(C)C)c2)cc1. The average molecular weight is 348 g/mol. The van der Waals surface area contributed by atoms with Crippen LogP contribution >= 0.6 is 0 Å². The number of rotatable bonds is 5. The van der Waals surface area contributed by atoms with Crippen LogP contribution in [0, 0.1) is 6.92 Å². The molecule has 0 aliphatic carbocycles. The maximum absolute atomic E-state index is 11.8. The van der Waals surface area contributed by atoms with Gasteiger partial charge in [0.05, 0.1) is 23.6 Å². The highest BCUT2D eigenvalue weighted by Gasteiger charge is 2.12. The van der Waals surface area contributed by atoms with Crippen molar-refractivity contribution in [2.24, 2.45) is 0 Å². The van der Waals surface area contributed by atoms with Crippen LogP contribution in [0.5, 0.6) is 0 Å². The third-order valence-corrected chi connectivity index (χ3v) is 4.35. The van der Waals surface area contributed by atoms with Gasteiger partial charge in [-0.3, -0.25) is 0 Å². The molecule has 4 nitrogen and oxygen atoms in total. The number of hydrogen-bond acceptors (Lipinski definition) is 3. The normalized spacial score (nSPS) is 11.0. The molecule has 1 heterocycles. The van der Waals surface area contributed by atoms with Gasteiger partial charge in [0.1, 0.15) is 0 Å². The molecule has 0 amide bonds. The fourth-order valence-corrected chi connectivity index (χ4v) is 2.97. The number of hydrogen-bond donors (Lipinski definition) is 0. The number of aryl methyl sites for hydroxylation is 1. The number of esters is 1. The van der Waals surface area contributed by atoms with Gasteiger partial charge in [-0.1, -0.05) is 32.0 Å². The molecule has 0 saturated carbocycles. The topological polar surface area (TPSA) is 44.1 Å². The minimum absolute atomic E-state index is 0.286. The maximum atomic E-state index is 11.8. The van der Waals surface area contributed by atoms with E-state index in [1.54, 1.807) is 0 Å². The Labute approximate surface area is 154 Å². The minimum atomic E-state index is -0.286. The molecule has 0 atom stereocenters. The number of benzene rings is 2. The summed E-state index contributed by atoms with van der Waals surface area (Å²) < 4.78 is 6.97. The lowest BCUT2D eigenvalue weighted by molar-refractivity contribution is 0.0526. The van der Waals surface area contributed by atoms with E-state index in [-0.39, 0.29) is 5.97 Å². The molecular formula is C22H24N2O2. The Morgan fingerprint density at radius 3 is 2.35 bits per heavy atom. The second-order valence-electron chi connectivity index (χ2n) is 6.63. The molecule has 0 fully saturated rings. The van der Waals surface area contributed by atoms with E-state index in [0.717, 1.165) is 22.5 Å². The zero-order valence-corrected chi connectivity index (χ0v) is 15.7. The number of aromatic nitrogens is 2. The molecule has 0 radical (unpaired) electrons. The van der Waals surface area contributed by atoms with Crippen LogP contribution in [0.25, 0.3) is 16.8 Å². The largest absolute Gasteiger partial charge is 0.462 e. The van der Waals surface area contributed by atoms with E-state index in [1.807, 2.05) is 55.1 Å². The summed E-state index contributed by atoms with van der Waals surface area (Å²) in [7, 11) is 0. The Balaban J connectivity index is 1.96. The Kier molecular flexibility index (Phi) is 5.21. The lowest BCUT2D eigenvalue weighted by Gasteiger charge is -2.15. The molecular weight excluding hydrogens is 324 g/mol. The van der Waals surface area contributed by atoms with Gasteiger partial charge < -0.3 is 4.74 Å². The van der Waals surface area contributed by atoms with Gasteiger partial charge >= 0.3 is 5.97 Å². The van der Waals surface area contributed by atoms with Gasteiger partial charge in [-0.2, -0.15) is 5.10 Å². The number of carbonyl (C=O) groups excluding carboxylic acids is 1. The minimum Gasteiger partial charge on any atom is -0.462 e. The van der Waals surface area contributed by atoms with Crippen molar-refractivity contribution >= 4 is 5.97 Å². The van der Waals surface area contributed by atoms with Crippen molar-refractivity contribution in [2.45, 2.75) is 33.6 Å². The first kappa shape index (κ1) is 17.9. The standard InChI is InChI=1S/C22H24N2O2/c1-5-26-22(25)18-8-6-17(7-9-18)19-10-11-21(20(14-19)15(2)3)24-13-12-16(4)23-24/h6-15H,5H2,1-4H3. The van der Waals surface area contributed by atoms with Gasteiger partial charge in [0.2, 0.25) is 0 Å². The summed E-state index contributed by atoms with van der Waals surface area (Å²) in [4.78, 5) is 11.8. The van der Waals surface area contributed by atoms with Crippen molar-refractivity contribution < 1.29 is 9.53 Å². The summed E-state index contributed by atoms with van der Waals surface area (Å²) in [5.41, 5.74) is 6.10. The first-order valence-electron chi connectivity index (χ1n) is 8.93. The first-order valence-corrected chi connectivity index (χ1v) is 8.93. The van der Waals surface area contributed by atoms with Crippen LogP contribution in [-0.4, -0.2) is 22.4 Å². The van der Waals surface area contributed by atoms with E-state index >= 15 is 0 Å². The fourth-order valence-electron chi connectivity index (χ4n) is 2.97. The fraction of sp³-hybridized carbons (Fsp3) is 0.273. The van der Waals surface area contributed by atoms with Crippen molar-refractivity contribution in [1.82, 2.24) is 9.78 Å². The highest BCUT2D eigenvalue weighted by molar-refractivity contribution is 5.90. The van der Waals surface area contributed by atoms with Crippen molar-refractivity contribution in [1.29, 1.82) is 0 Å². The predicted octanol–water partition coefficient (Wildman–Crippen LogP) is 5.15. The van der Waals surface area contributed by atoms with Gasteiger partial charge in [0, 0.05) is 6.20 Å². The summed E-state index contributed by atoms with van der Waals surface area (Å²) in [5, 5.41) is 4.54. The van der Waals surface area contributed by atoms with E-state index in [9.17, 15) is 4.79 Å². The van der Waals surface area contributed by atoms with Crippen LogP contribution < -0.4 is 0 Å². The van der Waals surface area contributed by atoms with Crippen LogP contribution in [-0.2, 0) is 4.74 Å². The van der Waals surface area contributed by atoms with Gasteiger partial charge in [-0.15, -0.1) is 0 Å². The Hall–Kier alpha value is -2.88. The highest BCUT2D eigenvalue weighted by atomic mass is 16.5. The summed E-state index contributed by atoms with van der Waals surface area (Å²) in [6, 6.07) is 16.0. The molecule has 0 saturated heterocycles. The molecule has 26 heavy (non-hydrogen) atoms. The van der Waals surface area contributed by atoms with E-state index in [0.29, 0.717) is 18.1 Å². The Morgan fingerprint density at radius 1 is 1.08 bits per heavy atom. The number of nitrogens with zero attached hydrogens (tertiary/aromatic N) is 2. The van der Waals surface area contributed by atoms with Gasteiger partial charge in [0.15, 0.2) is 0 Å². The van der Waals surface area contributed by atoms with Crippen LogP contribution in [0.15, 0.2) is 54.7 Å². The molecule has 3 aromatic rings. The van der Waals surface area contributed by atoms with Crippen LogP contribution in [0.4, 0.5) is 0 Å². The van der Waals surface area contributed by atoms with Gasteiger partial charge in [-0.05, 0) is 66.8 Å². The van der Waals surface area contributed by atoms with Crippen molar-refractivity contribution in [3.8, 4) is 16.8 Å². The Morgan fingerprint density at radius 2 is 1.77 bits per heavy atom. The van der Waals surface area contributed by atoms with Crippen molar-refractivity contribution in [3.63, 3.8) is 0 Å². The zero-order valence-electron chi connectivity index (χ0n) is 15.7. The van der Waals surface area contributed by atoms with Crippen LogP contribution in [0.3, 0.4) is 0 Å². The molecule has 134 valence electrons. The quantitative estimate of drug-likeness (QED) is 0.599. The smallest absolute Gasteiger partial charge is 0.338 e. The van der Waals surface area contributed by atoms with Crippen LogP contribution in [0.1, 0.15) is 48.3 Å². The molecule has 0 aliphatic rings. The van der Waals surface area contributed by atoms with Crippen molar-refractivity contribution in [2.75, 3.05) is 6.61 Å². The van der Waals surface area contributed by atoms with Gasteiger partial charge in [0.25, 0.3) is 0 Å². The molecule has 0 spiro atoms.